The molecule has 0 atom stereocenters. The number of carboxylic acid groups (broad SMARTS) is 4. The molecular formula is C22H32N2O10S. The van der Waals surface area contributed by atoms with Gasteiger partial charge in [-0.1, -0.05) is 32.0 Å². The van der Waals surface area contributed by atoms with Crippen LogP contribution in [0, 0.1) is 0 Å². The maximum atomic E-state index is 12.0. The molecule has 0 amide bonds. The predicted molar refractivity (Wildman–Crippen MR) is 128 cm³/mol. The van der Waals surface area contributed by atoms with Crippen molar-refractivity contribution in [2.45, 2.75) is 18.7 Å². The van der Waals surface area contributed by atoms with Crippen LogP contribution in [-0.4, -0.2) is 96.1 Å². The standard InChI is InChI=1S/C14H24N2O2S.2C4H4O4/c1-3-16(4-2)12-10-15-11-13-19(17,18)14-8-6-5-7-9-14;2*5-3(6)1-2-4(7)8/h5-9,15H,3-4,10-13H2,1-2H3;2*1-2H,(H,5,6)(H,7,8)/b;2*2-1-. The van der Waals surface area contributed by atoms with Gasteiger partial charge in [0.05, 0.1) is 10.6 Å². The lowest BCUT2D eigenvalue weighted by atomic mass is 10.4. The molecule has 196 valence electrons. The summed E-state index contributed by atoms with van der Waals surface area (Å²) in [7, 11) is -3.15. The Morgan fingerprint density at radius 3 is 1.51 bits per heavy atom. The molecule has 0 saturated carbocycles. The van der Waals surface area contributed by atoms with Crippen LogP contribution in [0.3, 0.4) is 0 Å². The maximum Gasteiger partial charge on any atom is 0.328 e. The van der Waals surface area contributed by atoms with Crippen LogP contribution in [0.4, 0.5) is 0 Å². The molecule has 12 nitrogen and oxygen atoms in total. The topological polar surface area (TPSA) is 199 Å². The van der Waals surface area contributed by atoms with Gasteiger partial charge in [0, 0.05) is 43.9 Å². The third-order valence-corrected chi connectivity index (χ3v) is 5.62. The van der Waals surface area contributed by atoms with Crippen molar-refractivity contribution < 1.29 is 48.0 Å². The highest BCUT2D eigenvalue weighted by Gasteiger charge is 2.12. The summed E-state index contributed by atoms with van der Waals surface area (Å²) >= 11 is 0. The lowest BCUT2D eigenvalue weighted by molar-refractivity contribution is -0.134. The summed E-state index contributed by atoms with van der Waals surface area (Å²) < 4.78 is 24.0. The molecule has 0 aliphatic rings. The van der Waals surface area contributed by atoms with E-state index in [9.17, 15) is 27.6 Å². The monoisotopic (exact) mass is 516 g/mol. The molecule has 0 spiro atoms. The number of nitrogens with zero attached hydrogens (tertiary/aromatic N) is 1. The fraction of sp³-hybridized carbons (Fsp3) is 0.364. The maximum absolute atomic E-state index is 12.0. The van der Waals surface area contributed by atoms with Crippen LogP contribution in [0.5, 0.6) is 0 Å². The summed E-state index contributed by atoms with van der Waals surface area (Å²) in [5.41, 5.74) is 0. The average Bonchev–Trinajstić information content (AvgIpc) is 2.80. The molecule has 0 aliphatic carbocycles. The van der Waals surface area contributed by atoms with Crippen molar-refractivity contribution >= 4 is 33.7 Å². The Morgan fingerprint density at radius 2 is 1.17 bits per heavy atom. The minimum absolute atomic E-state index is 0.148. The van der Waals surface area contributed by atoms with Crippen molar-refractivity contribution in [3.63, 3.8) is 0 Å². The van der Waals surface area contributed by atoms with E-state index in [1.54, 1.807) is 24.3 Å². The van der Waals surface area contributed by atoms with Crippen molar-refractivity contribution in [1.82, 2.24) is 10.2 Å². The normalized spacial score (nSPS) is 10.8. The fourth-order valence-electron chi connectivity index (χ4n) is 2.14. The zero-order valence-corrected chi connectivity index (χ0v) is 20.3. The van der Waals surface area contributed by atoms with Gasteiger partial charge in [-0.3, -0.25) is 0 Å². The quantitative estimate of drug-likeness (QED) is 0.183. The van der Waals surface area contributed by atoms with E-state index in [0.717, 1.165) is 26.2 Å². The summed E-state index contributed by atoms with van der Waals surface area (Å²) in [6.45, 7) is 8.59. The minimum atomic E-state index is -3.15. The molecule has 0 aromatic heterocycles. The molecule has 0 fully saturated rings. The Balaban J connectivity index is 0. The second-order valence-electron chi connectivity index (χ2n) is 6.43. The number of rotatable bonds is 13. The van der Waals surface area contributed by atoms with Gasteiger partial charge in [0.1, 0.15) is 0 Å². The van der Waals surface area contributed by atoms with Crippen LogP contribution in [0.15, 0.2) is 59.5 Å². The van der Waals surface area contributed by atoms with Gasteiger partial charge in [-0.2, -0.15) is 0 Å². The molecule has 0 heterocycles. The van der Waals surface area contributed by atoms with Crippen LogP contribution >= 0.6 is 0 Å². The highest BCUT2D eigenvalue weighted by molar-refractivity contribution is 7.91. The molecular weight excluding hydrogens is 484 g/mol. The van der Waals surface area contributed by atoms with Crippen molar-refractivity contribution in [2.24, 2.45) is 0 Å². The summed E-state index contributed by atoms with van der Waals surface area (Å²) in [6, 6.07) is 8.61. The molecule has 13 heteroatoms. The second-order valence-corrected chi connectivity index (χ2v) is 8.54. The Kier molecular flexibility index (Phi) is 19.1. The first-order chi connectivity index (χ1) is 16.3. The Bertz CT molecular complexity index is 874. The number of carbonyl (C=O) groups is 4. The zero-order valence-electron chi connectivity index (χ0n) is 19.5. The van der Waals surface area contributed by atoms with Crippen LogP contribution in [-0.2, 0) is 29.0 Å². The Labute approximate surface area is 204 Å². The van der Waals surface area contributed by atoms with Gasteiger partial charge in [-0.15, -0.1) is 0 Å². The van der Waals surface area contributed by atoms with E-state index >= 15 is 0 Å². The molecule has 1 aromatic carbocycles. The van der Waals surface area contributed by atoms with Gasteiger partial charge in [0.25, 0.3) is 0 Å². The highest BCUT2D eigenvalue weighted by atomic mass is 32.2. The number of benzene rings is 1. The fourth-order valence-corrected chi connectivity index (χ4v) is 3.36. The smallest absolute Gasteiger partial charge is 0.328 e. The lowest BCUT2D eigenvalue weighted by Crippen LogP contribution is -2.33. The van der Waals surface area contributed by atoms with Gasteiger partial charge in [0.15, 0.2) is 9.84 Å². The third kappa shape index (κ3) is 22.0. The molecule has 0 saturated heterocycles. The summed E-state index contributed by atoms with van der Waals surface area (Å²) in [5, 5.41) is 34.4. The zero-order chi connectivity index (χ0) is 27.3. The molecule has 0 bridgehead atoms. The first-order valence-corrected chi connectivity index (χ1v) is 12.0. The van der Waals surface area contributed by atoms with Crippen LogP contribution in [0.2, 0.25) is 0 Å². The lowest BCUT2D eigenvalue weighted by Gasteiger charge is -2.17. The number of likely N-dealkylation sites (N-methyl/N-ethyl adjacent to an activating group) is 1. The van der Waals surface area contributed by atoms with Gasteiger partial charge < -0.3 is 30.6 Å². The van der Waals surface area contributed by atoms with E-state index in [0.29, 0.717) is 35.7 Å². The molecule has 35 heavy (non-hydrogen) atoms. The highest BCUT2D eigenvalue weighted by Crippen LogP contribution is 2.09. The van der Waals surface area contributed by atoms with Crippen molar-refractivity contribution in [3.05, 3.63) is 54.6 Å². The molecule has 1 aromatic rings. The summed E-state index contributed by atoms with van der Waals surface area (Å²) in [4.78, 5) is 40.9. The number of nitrogens with one attached hydrogen (secondary N) is 1. The number of aliphatic carboxylic acids is 4. The van der Waals surface area contributed by atoms with E-state index in [1.165, 1.54) is 0 Å². The second kappa shape index (κ2) is 19.9. The minimum Gasteiger partial charge on any atom is -0.478 e. The van der Waals surface area contributed by atoms with Crippen molar-refractivity contribution in [3.8, 4) is 0 Å². The van der Waals surface area contributed by atoms with Crippen molar-refractivity contribution in [2.75, 3.05) is 38.5 Å². The first kappa shape index (κ1) is 33.6. The Hall–Kier alpha value is -3.55. The van der Waals surface area contributed by atoms with E-state index in [-0.39, 0.29) is 5.75 Å². The largest absolute Gasteiger partial charge is 0.478 e. The van der Waals surface area contributed by atoms with Gasteiger partial charge in [-0.05, 0) is 25.2 Å². The number of carboxylic acids is 4. The van der Waals surface area contributed by atoms with Crippen LogP contribution in [0.25, 0.3) is 0 Å². The SMILES string of the molecule is CCN(CC)CCNCCS(=O)(=O)c1ccccc1.O=C(O)/C=C\C(=O)O.O=C(O)/C=C\C(=O)O. The van der Waals surface area contributed by atoms with Gasteiger partial charge in [0.2, 0.25) is 0 Å². The van der Waals surface area contributed by atoms with Gasteiger partial charge >= 0.3 is 23.9 Å². The number of hydrogen-bond acceptors (Lipinski definition) is 8. The number of sulfone groups is 1. The third-order valence-electron chi connectivity index (χ3n) is 3.89. The molecule has 0 aliphatic heterocycles. The molecule has 5 N–H and O–H groups in total. The summed E-state index contributed by atoms with van der Waals surface area (Å²) in [6.07, 6.45) is 2.23. The van der Waals surface area contributed by atoms with Gasteiger partial charge in [-0.25, -0.2) is 27.6 Å². The predicted octanol–water partition coefficient (Wildman–Crippen LogP) is 0.815. The van der Waals surface area contributed by atoms with Crippen LogP contribution in [0.1, 0.15) is 13.8 Å². The van der Waals surface area contributed by atoms with E-state index in [4.69, 9.17) is 20.4 Å². The van der Waals surface area contributed by atoms with E-state index in [2.05, 4.69) is 24.1 Å². The van der Waals surface area contributed by atoms with E-state index < -0.39 is 33.7 Å². The van der Waals surface area contributed by atoms with E-state index in [1.807, 2.05) is 6.07 Å². The number of hydrogen-bond donors (Lipinski definition) is 5. The average molecular weight is 517 g/mol. The Morgan fingerprint density at radius 1 is 0.771 bits per heavy atom. The molecule has 1 rings (SSSR count). The van der Waals surface area contributed by atoms with Crippen LogP contribution < -0.4 is 5.32 Å². The van der Waals surface area contributed by atoms with Crippen molar-refractivity contribution in [1.29, 1.82) is 0 Å². The molecule has 0 unspecified atom stereocenters. The summed E-state index contributed by atoms with van der Waals surface area (Å²) in [5.74, 6) is -4.88. The first-order valence-electron chi connectivity index (χ1n) is 10.3. The molecule has 0 radical (unpaired) electrons.